The predicted octanol–water partition coefficient (Wildman–Crippen LogP) is 2.39. The Hall–Kier alpha value is -3.09. The molecule has 1 fully saturated rings. The molecule has 2 atom stereocenters. The Balaban J connectivity index is 1.60. The Kier molecular flexibility index (Phi) is 6.36. The third-order valence-corrected chi connectivity index (χ3v) is 5.27. The first-order chi connectivity index (χ1) is 13.9. The van der Waals surface area contributed by atoms with E-state index in [0.717, 1.165) is 10.8 Å². The second-order valence-electron chi connectivity index (χ2n) is 7.45. The van der Waals surface area contributed by atoms with Gasteiger partial charge in [0.1, 0.15) is 5.75 Å². The van der Waals surface area contributed by atoms with E-state index in [2.05, 4.69) is 0 Å². The number of likely N-dealkylation sites (N-methyl/N-ethyl adjacent to an activating group) is 1. The molecule has 3 rings (SSSR count). The number of carbonyl (C=O) groups excluding carboxylic acids is 2. The van der Waals surface area contributed by atoms with E-state index in [4.69, 9.17) is 4.74 Å². The van der Waals surface area contributed by atoms with Crippen LogP contribution in [0.5, 0.6) is 5.75 Å². The van der Waals surface area contributed by atoms with Gasteiger partial charge in [0.05, 0.1) is 12.5 Å². The van der Waals surface area contributed by atoms with Gasteiger partial charge in [-0.2, -0.15) is 0 Å². The van der Waals surface area contributed by atoms with Gasteiger partial charge in [0.25, 0.3) is 5.91 Å². The summed E-state index contributed by atoms with van der Waals surface area (Å²) in [5, 5.41) is 11.1. The second-order valence-corrected chi connectivity index (χ2v) is 7.45. The Labute approximate surface area is 169 Å². The number of aliphatic carboxylic acids is 1. The zero-order chi connectivity index (χ0) is 21.0. The molecular formula is C22H26N2O5. The number of carboxylic acid groups (broad SMARTS) is 1. The van der Waals surface area contributed by atoms with Gasteiger partial charge in [-0.15, -0.1) is 0 Å². The van der Waals surface area contributed by atoms with Crippen LogP contribution >= 0.6 is 0 Å². The van der Waals surface area contributed by atoms with Crippen LogP contribution in [0.25, 0.3) is 10.8 Å². The van der Waals surface area contributed by atoms with Crippen molar-refractivity contribution in [1.82, 2.24) is 9.80 Å². The molecule has 0 aromatic heterocycles. The van der Waals surface area contributed by atoms with Crippen LogP contribution in [-0.2, 0) is 14.4 Å². The van der Waals surface area contributed by atoms with Crippen LogP contribution in [0, 0.1) is 5.92 Å². The maximum absolute atomic E-state index is 12.7. The van der Waals surface area contributed by atoms with E-state index in [1.165, 1.54) is 9.80 Å². The van der Waals surface area contributed by atoms with Crippen molar-refractivity contribution in [3.8, 4) is 5.75 Å². The zero-order valence-electron chi connectivity index (χ0n) is 16.7. The standard InChI is InChI=1S/C22H26N2O5/c1-15(29-19-11-5-8-16-7-3-4-10-18(16)19)21(26)23(2)14-20(25)24-12-6-9-17(13-24)22(27)28/h3-5,7-8,10-11,15,17H,6,9,12-14H2,1-2H3,(H,27,28). The van der Waals surface area contributed by atoms with Crippen LogP contribution in [0.2, 0.25) is 0 Å². The molecule has 0 bridgehead atoms. The van der Waals surface area contributed by atoms with Crippen molar-refractivity contribution in [1.29, 1.82) is 0 Å². The summed E-state index contributed by atoms with van der Waals surface area (Å²) in [5.74, 6) is -1.36. The summed E-state index contributed by atoms with van der Waals surface area (Å²) in [5.41, 5.74) is 0. The molecule has 7 heteroatoms. The maximum atomic E-state index is 12.7. The topological polar surface area (TPSA) is 87.2 Å². The number of hydrogen-bond donors (Lipinski definition) is 1. The molecule has 154 valence electrons. The number of hydrogen-bond acceptors (Lipinski definition) is 4. The van der Waals surface area contributed by atoms with Gasteiger partial charge in [-0.25, -0.2) is 0 Å². The minimum absolute atomic E-state index is 0.103. The van der Waals surface area contributed by atoms with Crippen molar-refractivity contribution >= 4 is 28.6 Å². The molecule has 0 saturated carbocycles. The van der Waals surface area contributed by atoms with Crippen molar-refractivity contribution in [2.45, 2.75) is 25.9 Å². The Morgan fingerprint density at radius 1 is 1.21 bits per heavy atom. The fraction of sp³-hybridized carbons (Fsp3) is 0.409. The number of carboxylic acids is 1. The molecule has 2 amide bonds. The number of benzene rings is 2. The van der Waals surface area contributed by atoms with E-state index in [1.54, 1.807) is 14.0 Å². The molecule has 0 spiro atoms. The molecule has 1 aliphatic rings. The molecule has 1 N–H and O–H groups in total. The van der Waals surface area contributed by atoms with Crippen molar-refractivity contribution in [3.63, 3.8) is 0 Å². The molecular weight excluding hydrogens is 372 g/mol. The lowest BCUT2D eigenvalue weighted by Gasteiger charge is -2.32. The van der Waals surface area contributed by atoms with Crippen LogP contribution in [0.4, 0.5) is 0 Å². The van der Waals surface area contributed by atoms with Gasteiger partial charge >= 0.3 is 5.97 Å². The normalized spacial score (nSPS) is 17.6. The van der Waals surface area contributed by atoms with Crippen LogP contribution in [0.1, 0.15) is 19.8 Å². The van der Waals surface area contributed by atoms with Gasteiger partial charge < -0.3 is 19.6 Å². The minimum Gasteiger partial charge on any atom is -0.481 e. The fourth-order valence-corrected chi connectivity index (χ4v) is 3.64. The second kappa shape index (κ2) is 8.94. The number of carbonyl (C=O) groups is 3. The number of likely N-dealkylation sites (tertiary alicyclic amines) is 1. The van der Waals surface area contributed by atoms with E-state index in [1.807, 2.05) is 42.5 Å². The van der Waals surface area contributed by atoms with Crippen molar-refractivity contribution in [2.24, 2.45) is 5.92 Å². The third kappa shape index (κ3) is 4.85. The van der Waals surface area contributed by atoms with E-state index in [-0.39, 0.29) is 24.9 Å². The summed E-state index contributed by atoms with van der Waals surface area (Å²) in [6.07, 6.45) is 0.469. The highest BCUT2D eigenvalue weighted by Crippen LogP contribution is 2.26. The van der Waals surface area contributed by atoms with Gasteiger partial charge in [0.2, 0.25) is 5.91 Å². The van der Waals surface area contributed by atoms with E-state index >= 15 is 0 Å². The molecule has 1 saturated heterocycles. The number of amides is 2. The highest BCUT2D eigenvalue weighted by Gasteiger charge is 2.30. The molecule has 0 radical (unpaired) electrons. The van der Waals surface area contributed by atoms with E-state index in [0.29, 0.717) is 25.1 Å². The molecule has 7 nitrogen and oxygen atoms in total. The summed E-state index contributed by atoms with van der Waals surface area (Å²) >= 11 is 0. The van der Waals surface area contributed by atoms with Crippen molar-refractivity contribution in [3.05, 3.63) is 42.5 Å². The SMILES string of the molecule is CC(Oc1cccc2ccccc12)C(=O)N(C)CC(=O)N1CCCC(C(=O)O)C1. The molecule has 2 unspecified atom stereocenters. The van der Waals surface area contributed by atoms with Crippen molar-refractivity contribution in [2.75, 3.05) is 26.7 Å². The maximum Gasteiger partial charge on any atom is 0.308 e. The van der Waals surface area contributed by atoms with Crippen LogP contribution in [0.3, 0.4) is 0 Å². The molecule has 1 heterocycles. The fourth-order valence-electron chi connectivity index (χ4n) is 3.64. The Morgan fingerprint density at radius 3 is 2.69 bits per heavy atom. The smallest absolute Gasteiger partial charge is 0.308 e. The number of fused-ring (bicyclic) bond motifs is 1. The molecule has 2 aromatic carbocycles. The average Bonchev–Trinajstić information content (AvgIpc) is 2.73. The van der Waals surface area contributed by atoms with Crippen LogP contribution in [0.15, 0.2) is 42.5 Å². The molecule has 2 aromatic rings. The highest BCUT2D eigenvalue weighted by molar-refractivity contribution is 5.90. The lowest BCUT2D eigenvalue weighted by atomic mass is 9.98. The van der Waals surface area contributed by atoms with Gasteiger partial charge in [0, 0.05) is 25.5 Å². The van der Waals surface area contributed by atoms with Gasteiger partial charge in [-0.05, 0) is 31.2 Å². The Bertz CT molecular complexity index is 908. The number of piperidine rings is 1. The zero-order valence-corrected chi connectivity index (χ0v) is 16.7. The summed E-state index contributed by atoms with van der Waals surface area (Å²) in [7, 11) is 1.56. The minimum atomic E-state index is -0.885. The Morgan fingerprint density at radius 2 is 1.93 bits per heavy atom. The first-order valence-electron chi connectivity index (χ1n) is 9.77. The quantitative estimate of drug-likeness (QED) is 0.807. The summed E-state index contributed by atoms with van der Waals surface area (Å²) < 4.78 is 5.89. The molecule has 0 aliphatic carbocycles. The van der Waals surface area contributed by atoms with E-state index < -0.39 is 18.0 Å². The first-order valence-corrected chi connectivity index (χ1v) is 9.77. The van der Waals surface area contributed by atoms with Gasteiger partial charge in [0.15, 0.2) is 6.10 Å². The van der Waals surface area contributed by atoms with Crippen LogP contribution in [-0.4, -0.2) is 65.5 Å². The van der Waals surface area contributed by atoms with Gasteiger partial charge in [-0.3, -0.25) is 14.4 Å². The lowest BCUT2D eigenvalue weighted by molar-refractivity contribution is -0.148. The van der Waals surface area contributed by atoms with Crippen molar-refractivity contribution < 1.29 is 24.2 Å². The lowest BCUT2D eigenvalue weighted by Crippen LogP contribution is -2.48. The average molecular weight is 398 g/mol. The number of ether oxygens (including phenoxy) is 1. The first kappa shape index (κ1) is 20.6. The molecule has 1 aliphatic heterocycles. The van der Waals surface area contributed by atoms with E-state index in [9.17, 15) is 19.5 Å². The highest BCUT2D eigenvalue weighted by atomic mass is 16.5. The predicted molar refractivity (Wildman–Crippen MR) is 109 cm³/mol. The third-order valence-electron chi connectivity index (χ3n) is 5.27. The number of nitrogens with zero attached hydrogens (tertiary/aromatic N) is 2. The summed E-state index contributed by atoms with van der Waals surface area (Å²) in [6, 6.07) is 13.4. The van der Waals surface area contributed by atoms with Crippen LogP contribution < -0.4 is 4.74 Å². The summed E-state index contributed by atoms with van der Waals surface area (Å²) in [6.45, 7) is 2.27. The largest absolute Gasteiger partial charge is 0.481 e. The summed E-state index contributed by atoms with van der Waals surface area (Å²) in [4.78, 5) is 39.3. The monoisotopic (exact) mass is 398 g/mol. The van der Waals surface area contributed by atoms with Gasteiger partial charge in [-0.1, -0.05) is 36.4 Å². The number of rotatable bonds is 6. The molecule has 29 heavy (non-hydrogen) atoms.